The fourth-order valence-electron chi connectivity index (χ4n) is 1.80. The second kappa shape index (κ2) is 6.25. The number of carbonyl (C=O) groups excluding carboxylic acids is 1. The molecule has 2 rings (SSSR count). The van der Waals surface area contributed by atoms with Gasteiger partial charge in [-0.2, -0.15) is 0 Å². The van der Waals surface area contributed by atoms with Gasteiger partial charge in [-0.3, -0.25) is 4.79 Å². The summed E-state index contributed by atoms with van der Waals surface area (Å²) >= 11 is 11.8. The largest absolute Gasteiger partial charge is 0.367 e. The van der Waals surface area contributed by atoms with Crippen LogP contribution < -0.4 is 4.90 Å². The summed E-state index contributed by atoms with van der Waals surface area (Å²) in [7, 11) is 1.76. The molecule has 0 N–H and O–H groups in total. The molecule has 0 saturated carbocycles. The summed E-state index contributed by atoms with van der Waals surface area (Å²) < 4.78 is 12.9. The van der Waals surface area contributed by atoms with E-state index in [1.54, 1.807) is 36.2 Å². The Balaban J connectivity index is 2.13. The molecule has 0 atom stereocenters. The highest BCUT2D eigenvalue weighted by molar-refractivity contribution is 6.36. The number of nitrogens with zero attached hydrogens (tertiary/aromatic N) is 1. The van der Waals surface area contributed by atoms with Crippen LogP contribution in [0.4, 0.5) is 10.1 Å². The summed E-state index contributed by atoms with van der Waals surface area (Å²) in [6.07, 6.45) is 0. The summed E-state index contributed by atoms with van der Waals surface area (Å²) in [5.74, 6) is -0.437. The number of ketones is 1. The Morgan fingerprint density at radius 2 is 1.80 bits per heavy atom. The molecule has 0 unspecified atom stereocenters. The van der Waals surface area contributed by atoms with E-state index in [0.717, 1.165) is 5.69 Å². The highest BCUT2D eigenvalue weighted by atomic mass is 35.5. The molecular weight excluding hydrogens is 300 g/mol. The lowest BCUT2D eigenvalue weighted by molar-refractivity contribution is 0.100. The lowest BCUT2D eigenvalue weighted by Gasteiger charge is -2.18. The van der Waals surface area contributed by atoms with Gasteiger partial charge < -0.3 is 4.90 Å². The van der Waals surface area contributed by atoms with Crippen LogP contribution in [0.5, 0.6) is 0 Å². The van der Waals surface area contributed by atoms with E-state index in [9.17, 15) is 9.18 Å². The molecule has 0 aliphatic heterocycles. The molecule has 0 spiro atoms. The van der Waals surface area contributed by atoms with Crippen LogP contribution in [-0.2, 0) is 0 Å². The SMILES string of the molecule is CN(CC(=O)c1ccc(Cl)cc1Cl)c1ccc(F)cc1. The fourth-order valence-corrected chi connectivity index (χ4v) is 2.32. The van der Waals surface area contributed by atoms with E-state index in [-0.39, 0.29) is 18.1 Å². The Morgan fingerprint density at radius 3 is 2.40 bits per heavy atom. The van der Waals surface area contributed by atoms with E-state index in [2.05, 4.69) is 0 Å². The Morgan fingerprint density at radius 1 is 1.15 bits per heavy atom. The molecule has 0 aliphatic carbocycles. The zero-order valence-electron chi connectivity index (χ0n) is 10.7. The van der Waals surface area contributed by atoms with Crippen LogP contribution in [0, 0.1) is 5.82 Å². The van der Waals surface area contributed by atoms with Crippen molar-refractivity contribution in [3.05, 3.63) is 63.9 Å². The molecule has 0 bridgehead atoms. The summed E-state index contributed by atoms with van der Waals surface area (Å²) in [6, 6.07) is 10.7. The van der Waals surface area contributed by atoms with Crippen LogP contribution in [0.15, 0.2) is 42.5 Å². The van der Waals surface area contributed by atoms with Gasteiger partial charge in [0.2, 0.25) is 0 Å². The van der Waals surface area contributed by atoms with E-state index < -0.39 is 0 Å². The summed E-state index contributed by atoms with van der Waals surface area (Å²) in [4.78, 5) is 13.9. The van der Waals surface area contributed by atoms with Crippen LogP contribution >= 0.6 is 23.2 Å². The van der Waals surface area contributed by atoms with Gasteiger partial charge in [-0.05, 0) is 42.5 Å². The van der Waals surface area contributed by atoms with Crippen LogP contribution in [0.1, 0.15) is 10.4 Å². The minimum Gasteiger partial charge on any atom is -0.367 e. The van der Waals surface area contributed by atoms with E-state index in [1.807, 2.05) is 0 Å². The molecule has 0 radical (unpaired) electrons. The van der Waals surface area contributed by atoms with Crippen LogP contribution in [0.25, 0.3) is 0 Å². The second-order valence-corrected chi connectivity index (χ2v) is 5.22. The molecule has 5 heteroatoms. The maximum atomic E-state index is 12.9. The molecule has 0 aliphatic rings. The molecular formula is C15H12Cl2FNO. The maximum absolute atomic E-state index is 12.9. The number of hydrogen-bond donors (Lipinski definition) is 0. The van der Waals surface area contributed by atoms with E-state index >= 15 is 0 Å². The third-order valence-electron chi connectivity index (χ3n) is 2.88. The topological polar surface area (TPSA) is 20.3 Å². The average molecular weight is 312 g/mol. The van der Waals surface area contributed by atoms with Crippen molar-refractivity contribution < 1.29 is 9.18 Å². The van der Waals surface area contributed by atoms with Gasteiger partial charge in [0, 0.05) is 23.3 Å². The Labute approximate surface area is 126 Å². The van der Waals surface area contributed by atoms with Crippen molar-refractivity contribution in [2.75, 3.05) is 18.5 Å². The van der Waals surface area contributed by atoms with Crippen molar-refractivity contribution in [2.45, 2.75) is 0 Å². The summed E-state index contributed by atoms with van der Waals surface area (Å²) in [5.41, 5.74) is 1.18. The lowest BCUT2D eigenvalue weighted by atomic mass is 10.1. The summed E-state index contributed by atoms with van der Waals surface area (Å²) in [6.45, 7) is 0.146. The van der Waals surface area contributed by atoms with Gasteiger partial charge >= 0.3 is 0 Å². The summed E-state index contributed by atoms with van der Waals surface area (Å²) in [5, 5.41) is 0.813. The van der Waals surface area contributed by atoms with E-state index in [0.29, 0.717) is 15.6 Å². The highest BCUT2D eigenvalue weighted by Gasteiger charge is 2.13. The number of likely N-dealkylation sites (N-methyl/N-ethyl adjacent to an activating group) is 1. The van der Waals surface area contributed by atoms with Crippen molar-refractivity contribution in [1.82, 2.24) is 0 Å². The van der Waals surface area contributed by atoms with Crippen molar-refractivity contribution in [3.8, 4) is 0 Å². The first-order valence-electron chi connectivity index (χ1n) is 5.92. The molecule has 0 aromatic heterocycles. The predicted molar refractivity (Wildman–Crippen MR) is 80.5 cm³/mol. The molecule has 20 heavy (non-hydrogen) atoms. The van der Waals surface area contributed by atoms with Crippen LogP contribution in [-0.4, -0.2) is 19.4 Å². The zero-order chi connectivity index (χ0) is 14.7. The van der Waals surface area contributed by atoms with Crippen molar-refractivity contribution in [3.63, 3.8) is 0 Å². The quantitative estimate of drug-likeness (QED) is 0.777. The van der Waals surface area contributed by atoms with E-state index in [1.165, 1.54) is 18.2 Å². The first-order chi connectivity index (χ1) is 9.47. The van der Waals surface area contributed by atoms with Gasteiger partial charge in [0.05, 0.1) is 11.6 Å². The van der Waals surface area contributed by atoms with Gasteiger partial charge in [0.15, 0.2) is 5.78 Å². The minimum atomic E-state index is -0.311. The standard InChI is InChI=1S/C15H12Cl2FNO/c1-19(12-5-3-11(18)4-6-12)9-15(20)13-7-2-10(16)8-14(13)17/h2-8H,9H2,1H3. The smallest absolute Gasteiger partial charge is 0.183 e. The molecule has 2 aromatic rings. The number of benzene rings is 2. The van der Waals surface area contributed by atoms with Gasteiger partial charge in [-0.15, -0.1) is 0 Å². The van der Waals surface area contributed by atoms with Crippen LogP contribution in [0.2, 0.25) is 10.0 Å². The minimum absolute atomic E-state index is 0.126. The number of hydrogen-bond acceptors (Lipinski definition) is 2. The number of Topliss-reactive ketones (excluding diaryl/α,β-unsaturated/α-hetero) is 1. The molecule has 0 saturated heterocycles. The Kier molecular flexibility index (Phi) is 4.63. The van der Waals surface area contributed by atoms with Crippen molar-refractivity contribution >= 4 is 34.7 Å². The second-order valence-electron chi connectivity index (χ2n) is 4.38. The molecule has 0 heterocycles. The lowest BCUT2D eigenvalue weighted by Crippen LogP contribution is -2.25. The van der Waals surface area contributed by atoms with Gasteiger partial charge in [-0.25, -0.2) is 4.39 Å². The monoisotopic (exact) mass is 311 g/mol. The molecule has 0 fully saturated rings. The van der Waals surface area contributed by atoms with Crippen molar-refractivity contribution in [1.29, 1.82) is 0 Å². The van der Waals surface area contributed by atoms with Gasteiger partial charge in [-0.1, -0.05) is 23.2 Å². The van der Waals surface area contributed by atoms with Gasteiger partial charge in [0.25, 0.3) is 0 Å². The third kappa shape index (κ3) is 3.50. The first kappa shape index (κ1) is 14.8. The molecule has 2 nitrogen and oxygen atoms in total. The maximum Gasteiger partial charge on any atom is 0.183 e. The zero-order valence-corrected chi connectivity index (χ0v) is 12.2. The fraction of sp³-hybridized carbons (Fsp3) is 0.133. The average Bonchev–Trinajstić information content (AvgIpc) is 2.39. The molecule has 104 valence electrons. The number of anilines is 1. The van der Waals surface area contributed by atoms with Crippen molar-refractivity contribution in [2.24, 2.45) is 0 Å². The molecule has 0 amide bonds. The number of rotatable bonds is 4. The highest BCUT2D eigenvalue weighted by Crippen LogP contribution is 2.22. The number of carbonyl (C=O) groups is 1. The molecule has 2 aromatic carbocycles. The normalized spacial score (nSPS) is 10.4. The predicted octanol–water partition coefficient (Wildman–Crippen LogP) is 4.45. The first-order valence-corrected chi connectivity index (χ1v) is 6.68. The third-order valence-corrected chi connectivity index (χ3v) is 3.43. The Bertz CT molecular complexity index is 628. The Hall–Kier alpha value is -1.58. The number of halogens is 3. The van der Waals surface area contributed by atoms with Crippen LogP contribution in [0.3, 0.4) is 0 Å². The van der Waals surface area contributed by atoms with E-state index in [4.69, 9.17) is 23.2 Å². The van der Waals surface area contributed by atoms with Gasteiger partial charge in [0.1, 0.15) is 5.82 Å².